The Morgan fingerprint density at radius 2 is 1.82 bits per heavy atom. The zero-order valence-corrected chi connectivity index (χ0v) is 15.3. The number of ether oxygens (including phenoxy) is 1. The van der Waals surface area contributed by atoms with E-state index in [4.69, 9.17) is 4.74 Å². The molecule has 2 aliphatic rings. The van der Waals surface area contributed by atoms with Crippen LogP contribution in [0, 0.1) is 0 Å². The van der Waals surface area contributed by atoms with Gasteiger partial charge in [-0.2, -0.15) is 0 Å². The lowest BCUT2D eigenvalue weighted by molar-refractivity contribution is -0.139. The minimum Gasteiger partial charge on any atom is -0.410 e. The summed E-state index contributed by atoms with van der Waals surface area (Å²) in [5.41, 5.74) is 3.06. The van der Waals surface area contributed by atoms with Gasteiger partial charge >= 0.3 is 6.09 Å². The van der Waals surface area contributed by atoms with Gasteiger partial charge < -0.3 is 10.1 Å². The quantitative estimate of drug-likeness (QED) is 0.814. The molecule has 0 radical (unpaired) electrons. The van der Waals surface area contributed by atoms with Gasteiger partial charge in [-0.25, -0.2) is 4.79 Å². The van der Waals surface area contributed by atoms with Gasteiger partial charge in [0.05, 0.1) is 6.04 Å². The van der Waals surface area contributed by atoms with Crippen molar-refractivity contribution in [2.24, 2.45) is 0 Å². The molecule has 1 N–H and O–H groups in total. The van der Waals surface area contributed by atoms with Crippen molar-refractivity contribution < 1.29 is 19.1 Å². The zero-order valence-electron chi connectivity index (χ0n) is 15.3. The van der Waals surface area contributed by atoms with Crippen molar-refractivity contribution in [2.75, 3.05) is 6.54 Å². The first kappa shape index (κ1) is 18.0. The smallest absolute Gasteiger partial charge is 0.410 e. The average Bonchev–Trinajstić information content (AvgIpc) is 3.25. The molecule has 142 valence electrons. The lowest BCUT2D eigenvalue weighted by atomic mass is 10.1. The van der Waals surface area contributed by atoms with Crippen LogP contribution in [0.5, 0.6) is 5.75 Å². The molecule has 0 saturated carbocycles. The van der Waals surface area contributed by atoms with E-state index in [2.05, 4.69) is 5.32 Å². The van der Waals surface area contributed by atoms with Gasteiger partial charge in [-0.1, -0.05) is 36.4 Å². The van der Waals surface area contributed by atoms with Crippen molar-refractivity contribution in [3.63, 3.8) is 0 Å². The minimum atomic E-state index is -0.527. The molecule has 1 aliphatic carbocycles. The largest absolute Gasteiger partial charge is 0.412 e. The van der Waals surface area contributed by atoms with E-state index in [-0.39, 0.29) is 17.9 Å². The van der Waals surface area contributed by atoms with Crippen molar-refractivity contribution in [1.29, 1.82) is 0 Å². The van der Waals surface area contributed by atoms with Crippen LogP contribution in [0.2, 0.25) is 0 Å². The molecule has 0 unspecified atom stereocenters. The summed E-state index contributed by atoms with van der Waals surface area (Å²) in [6.45, 7) is 0.471. The highest BCUT2D eigenvalue weighted by Crippen LogP contribution is 2.39. The molecule has 1 heterocycles. The molecular weight excluding hydrogens is 356 g/mol. The van der Waals surface area contributed by atoms with Crippen LogP contribution in [-0.4, -0.2) is 29.4 Å². The Morgan fingerprint density at radius 3 is 2.57 bits per heavy atom. The number of nitrogens with one attached hydrogen (secondary N) is 1. The molecule has 6 heteroatoms. The first-order valence-corrected chi connectivity index (χ1v) is 9.29. The number of hydrogen-bond donors (Lipinski definition) is 1. The van der Waals surface area contributed by atoms with Gasteiger partial charge in [-0.15, -0.1) is 0 Å². The number of carbonyl (C=O) groups is 3. The molecule has 0 spiro atoms. The van der Waals surface area contributed by atoms with Crippen LogP contribution in [0.25, 0.3) is 0 Å². The maximum atomic E-state index is 12.1. The third-order valence-corrected chi connectivity index (χ3v) is 5.05. The Balaban J connectivity index is 1.38. The van der Waals surface area contributed by atoms with Gasteiger partial charge in [0.15, 0.2) is 0 Å². The van der Waals surface area contributed by atoms with Crippen molar-refractivity contribution in [3.05, 3.63) is 77.4 Å². The van der Waals surface area contributed by atoms with Crippen LogP contribution in [0.3, 0.4) is 0 Å². The van der Waals surface area contributed by atoms with Crippen molar-refractivity contribution >= 4 is 17.9 Å². The fraction of sp³-hybridized carbons (Fsp3) is 0.227. The standard InChI is InChI=1S/C22H20N2O4/c25-20-10-11-21(26)24(20)19-9-7-16-6-8-17(14-18(16)19)28-22(27)23-13-12-15-4-2-1-3-5-15/h1-6,8,10-11,14,19H,7,9,12-13H2,(H,23,27)/t19-/m0/s1. The first-order valence-electron chi connectivity index (χ1n) is 9.29. The molecule has 0 fully saturated rings. The monoisotopic (exact) mass is 376 g/mol. The molecule has 2 aromatic carbocycles. The minimum absolute atomic E-state index is 0.298. The van der Waals surface area contributed by atoms with Gasteiger partial charge in [0, 0.05) is 18.7 Å². The van der Waals surface area contributed by atoms with Gasteiger partial charge in [0.2, 0.25) is 0 Å². The second-order valence-electron chi connectivity index (χ2n) is 6.85. The van der Waals surface area contributed by atoms with Gasteiger partial charge in [-0.05, 0) is 48.1 Å². The first-order chi connectivity index (χ1) is 13.6. The summed E-state index contributed by atoms with van der Waals surface area (Å²) in [7, 11) is 0. The molecule has 4 rings (SSSR count). The molecule has 0 saturated heterocycles. The Bertz CT molecular complexity index is 934. The normalized spacial score (nSPS) is 17.7. The highest BCUT2D eigenvalue weighted by atomic mass is 16.6. The third kappa shape index (κ3) is 3.67. The summed E-state index contributed by atoms with van der Waals surface area (Å²) >= 11 is 0. The summed E-state index contributed by atoms with van der Waals surface area (Å²) < 4.78 is 5.39. The van der Waals surface area contributed by atoms with E-state index in [1.165, 1.54) is 17.1 Å². The summed E-state index contributed by atoms with van der Waals surface area (Å²) in [4.78, 5) is 37.4. The highest BCUT2D eigenvalue weighted by Gasteiger charge is 2.36. The van der Waals surface area contributed by atoms with E-state index in [1.807, 2.05) is 36.4 Å². The number of imide groups is 1. The van der Waals surface area contributed by atoms with E-state index in [0.717, 1.165) is 23.1 Å². The summed E-state index contributed by atoms with van der Waals surface area (Å²) in [6.07, 6.45) is 4.23. The molecule has 1 aliphatic heterocycles. The number of hydrogen-bond acceptors (Lipinski definition) is 4. The zero-order chi connectivity index (χ0) is 19.5. The second kappa shape index (κ2) is 7.68. The number of benzene rings is 2. The summed E-state index contributed by atoms with van der Waals surface area (Å²) in [5, 5.41) is 2.74. The van der Waals surface area contributed by atoms with Crippen LogP contribution >= 0.6 is 0 Å². The number of rotatable bonds is 5. The molecule has 1 atom stereocenters. The van der Waals surface area contributed by atoms with E-state index >= 15 is 0 Å². The van der Waals surface area contributed by atoms with E-state index < -0.39 is 6.09 Å². The number of carbonyl (C=O) groups excluding carboxylic acids is 3. The molecule has 3 amide bonds. The third-order valence-electron chi connectivity index (χ3n) is 5.05. The Kier molecular flexibility index (Phi) is 4.93. The average molecular weight is 376 g/mol. The summed E-state index contributed by atoms with van der Waals surface area (Å²) in [5.74, 6) is -0.199. The topological polar surface area (TPSA) is 75.7 Å². The molecular formula is C22H20N2O4. The number of nitrogens with zero attached hydrogens (tertiary/aromatic N) is 1. The van der Waals surface area contributed by atoms with Gasteiger partial charge in [-0.3, -0.25) is 14.5 Å². The van der Waals surface area contributed by atoms with Crippen molar-refractivity contribution in [3.8, 4) is 5.75 Å². The van der Waals surface area contributed by atoms with E-state index in [9.17, 15) is 14.4 Å². The number of amides is 3. The molecule has 6 nitrogen and oxygen atoms in total. The van der Waals surface area contributed by atoms with Crippen LogP contribution in [0.15, 0.2) is 60.7 Å². The summed E-state index contributed by atoms with van der Waals surface area (Å²) in [6, 6.07) is 14.9. The SMILES string of the molecule is O=C(NCCc1ccccc1)Oc1ccc2c(c1)[C@@H](N1C(=O)C=CC1=O)CC2. The molecule has 0 bridgehead atoms. The van der Waals surface area contributed by atoms with Gasteiger partial charge in [0.25, 0.3) is 11.8 Å². The lowest BCUT2D eigenvalue weighted by Crippen LogP contribution is -2.33. The Morgan fingerprint density at radius 1 is 1.07 bits per heavy atom. The fourth-order valence-electron chi connectivity index (χ4n) is 3.71. The Labute approximate surface area is 162 Å². The lowest BCUT2D eigenvalue weighted by Gasteiger charge is -2.23. The predicted octanol–water partition coefficient (Wildman–Crippen LogP) is 2.93. The highest BCUT2D eigenvalue weighted by molar-refractivity contribution is 6.13. The van der Waals surface area contributed by atoms with E-state index in [0.29, 0.717) is 25.1 Å². The fourth-order valence-corrected chi connectivity index (χ4v) is 3.71. The Hall–Kier alpha value is -3.41. The van der Waals surface area contributed by atoms with Crippen molar-refractivity contribution in [2.45, 2.75) is 25.3 Å². The molecule has 28 heavy (non-hydrogen) atoms. The maximum Gasteiger partial charge on any atom is 0.412 e. The predicted molar refractivity (Wildman–Crippen MR) is 103 cm³/mol. The van der Waals surface area contributed by atoms with Gasteiger partial charge in [0.1, 0.15) is 5.75 Å². The van der Waals surface area contributed by atoms with Crippen LogP contribution in [0.4, 0.5) is 4.79 Å². The number of fused-ring (bicyclic) bond motifs is 1. The van der Waals surface area contributed by atoms with Crippen LogP contribution in [0.1, 0.15) is 29.2 Å². The van der Waals surface area contributed by atoms with Crippen molar-refractivity contribution in [1.82, 2.24) is 10.2 Å². The number of aryl methyl sites for hydroxylation is 1. The molecule has 2 aromatic rings. The second-order valence-corrected chi connectivity index (χ2v) is 6.85. The van der Waals surface area contributed by atoms with Crippen LogP contribution in [-0.2, 0) is 22.4 Å². The maximum absolute atomic E-state index is 12.1. The van der Waals surface area contributed by atoms with E-state index in [1.54, 1.807) is 12.1 Å². The molecule has 0 aromatic heterocycles. The van der Waals surface area contributed by atoms with Crippen LogP contribution < -0.4 is 10.1 Å².